The van der Waals surface area contributed by atoms with Gasteiger partial charge < -0.3 is 10.0 Å². The van der Waals surface area contributed by atoms with Crippen LogP contribution in [-0.4, -0.2) is 36.2 Å². The van der Waals surface area contributed by atoms with Crippen LogP contribution in [0.2, 0.25) is 0 Å². The summed E-state index contributed by atoms with van der Waals surface area (Å²) >= 11 is 0. The monoisotopic (exact) mass is 185 g/mol. The minimum Gasteiger partial charge on any atom is -0.396 e. The lowest BCUT2D eigenvalue weighted by Gasteiger charge is -2.19. The molecule has 78 valence electrons. The van der Waals surface area contributed by atoms with Crippen LogP contribution in [0.3, 0.4) is 0 Å². The van der Waals surface area contributed by atoms with Gasteiger partial charge in [-0.1, -0.05) is 6.92 Å². The van der Waals surface area contributed by atoms with Crippen LogP contribution in [0, 0.1) is 5.92 Å². The Morgan fingerprint density at radius 2 is 2.00 bits per heavy atom. The number of unbranched alkanes of at least 4 members (excludes halogenated alkanes) is 2. The molecule has 0 atom stereocenters. The van der Waals surface area contributed by atoms with E-state index < -0.39 is 0 Å². The molecule has 0 saturated heterocycles. The van der Waals surface area contributed by atoms with Crippen LogP contribution in [-0.2, 0) is 0 Å². The first kappa shape index (κ1) is 11.0. The highest BCUT2D eigenvalue weighted by Gasteiger charge is 2.23. The third kappa shape index (κ3) is 5.27. The normalized spacial score (nSPS) is 16.8. The molecule has 1 N–H and O–H groups in total. The number of hydrogen-bond donors (Lipinski definition) is 1. The summed E-state index contributed by atoms with van der Waals surface area (Å²) in [6.07, 6.45) is 6.31. The lowest BCUT2D eigenvalue weighted by Crippen LogP contribution is -2.26. The van der Waals surface area contributed by atoms with E-state index in [9.17, 15) is 0 Å². The van der Waals surface area contributed by atoms with Gasteiger partial charge >= 0.3 is 0 Å². The first-order chi connectivity index (χ1) is 6.36. The van der Waals surface area contributed by atoms with E-state index in [4.69, 9.17) is 5.11 Å². The second kappa shape index (κ2) is 6.39. The summed E-state index contributed by atoms with van der Waals surface area (Å²) < 4.78 is 0. The smallest absolute Gasteiger partial charge is 0.0431 e. The Labute approximate surface area is 81.9 Å². The molecule has 1 aliphatic carbocycles. The SMILES string of the molecule is CCN(CCCCCO)CC1CC1. The van der Waals surface area contributed by atoms with Crippen LogP contribution in [0.25, 0.3) is 0 Å². The third-order valence-corrected chi connectivity index (χ3v) is 2.79. The Hall–Kier alpha value is -0.0800. The zero-order valence-electron chi connectivity index (χ0n) is 8.84. The van der Waals surface area contributed by atoms with Gasteiger partial charge in [0.2, 0.25) is 0 Å². The van der Waals surface area contributed by atoms with Crippen molar-refractivity contribution in [1.82, 2.24) is 4.90 Å². The van der Waals surface area contributed by atoms with Gasteiger partial charge in [-0.2, -0.15) is 0 Å². The van der Waals surface area contributed by atoms with Crippen LogP contribution >= 0.6 is 0 Å². The van der Waals surface area contributed by atoms with E-state index in [2.05, 4.69) is 11.8 Å². The van der Waals surface area contributed by atoms with Crippen LogP contribution in [0.1, 0.15) is 39.0 Å². The molecule has 13 heavy (non-hydrogen) atoms. The molecule has 1 fully saturated rings. The molecule has 1 saturated carbocycles. The summed E-state index contributed by atoms with van der Waals surface area (Å²) in [5.41, 5.74) is 0. The lowest BCUT2D eigenvalue weighted by atomic mass is 10.2. The van der Waals surface area contributed by atoms with Crippen LogP contribution in [0.5, 0.6) is 0 Å². The summed E-state index contributed by atoms with van der Waals surface area (Å²) in [5.74, 6) is 1.01. The van der Waals surface area contributed by atoms with Gasteiger partial charge in [-0.15, -0.1) is 0 Å². The molecular weight excluding hydrogens is 162 g/mol. The third-order valence-electron chi connectivity index (χ3n) is 2.79. The summed E-state index contributed by atoms with van der Waals surface area (Å²) in [6.45, 7) is 6.33. The molecule has 0 spiro atoms. The van der Waals surface area contributed by atoms with E-state index in [1.54, 1.807) is 0 Å². The van der Waals surface area contributed by atoms with Gasteiger partial charge in [0.1, 0.15) is 0 Å². The maximum absolute atomic E-state index is 8.63. The molecule has 0 amide bonds. The quantitative estimate of drug-likeness (QED) is 0.584. The van der Waals surface area contributed by atoms with Crippen molar-refractivity contribution in [2.75, 3.05) is 26.2 Å². The van der Waals surface area contributed by atoms with Crippen molar-refractivity contribution in [3.8, 4) is 0 Å². The predicted molar refractivity (Wildman–Crippen MR) is 55.8 cm³/mol. The van der Waals surface area contributed by atoms with E-state index in [1.165, 1.54) is 45.3 Å². The molecule has 0 unspecified atom stereocenters. The molecule has 0 aromatic rings. The first-order valence-corrected chi connectivity index (χ1v) is 5.70. The molecule has 2 nitrogen and oxygen atoms in total. The van der Waals surface area contributed by atoms with Gasteiger partial charge in [0.05, 0.1) is 0 Å². The van der Waals surface area contributed by atoms with Gasteiger partial charge in [0.25, 0.3) is 0 Å². The second-order valence-electron chi connectivity index (χ2n) is 4.12. The topological polar surface area (TPSA) is 23.5 Å². The van der Waals surface area contributed by atoms with Crippen molar-refractivity contribution in [2.24, 2.45) is 5.92 Å². The second-order valence-corrected chi connectivity index (χ2v) is 4.12. The minimum atomic E-state index is 0.356. The van der Waals surface area contributed by atoms with Crippen molar-refractivity contribution < 1.29 is 5.11 Å². The maximum atomic E-state index is 8.63. The van der Waals surface area contributed by atoms with Crippen LogP contribution in [0.15, 0.2) is 0 Å². The molecule has 1 rings (SSSR count). The Morgan fingerprint density at radius 3 is 2.54 bits per heavy atom. The van der Waals surface area contributed by atoms with E-state index in [0.717, 1.165) is 12.3 Å². The van der Waals surface area contributed by atoms with Crippen molar-refractivity contribution in [2.45, 2.75) is 39.0 Å². The molecule has 0 aromatic heterocycles. The van der Waals surface area contributed by atoms with E-state index >= 15 is 0 Å². The summed E-state index contributed by atoms with van der Waals surface area (Å²) in [7, 11) is 0. The molecular formula is C11H23NO. The van der Waals surface area contributed by atoms with E-state index in [0.29, 0.717) is 6.61 Å². The fourth-order valence-electron chi connectivity index (χ4n) is 1.67. The summed E-state index contributed by atoms with van der Waals surface area (Å²) in [5, 5.41) is 8.63. The van der Waals surface area contributed by atoms with Gasteiger partial charge in [0.15, 0.2) is 0 Å². The average molecular weight is 185 g/mol. The highest BCUT2D eigenvalue weighted by molar-refractivity contribution is 4.76. The molecule has 2 heteroatoms. The first-order valence-electron chi connectivity index (χ1n) is 5.70. The van der Waals surface area contributed by atoms with Crippen molar-refractivity contribution >= 4 is 0 Å². The van der Waals surface area contributed by atoms with Crippen molar-refractivity contribution in [3.63, 3.8) is 0 Å². The minimum absolute atomic E-state index is 0.356. The molecule has 0 bridgehead atoms. The maximum Gasteiger partial charge on any atom is 0.0431 e. The molecule has 1 aliphatic rings. The molecule has 0 radical (unpaired) electrons. The van der Waals surface area contributed by atoms with E-state index in [-0.39, 0.29) is 0 Å². The lowest BCUT2D eigenvalue weighted by molar-refractivity contribution is 0.254. The Morgan fingerprint density at radius 1 is 1.23 bits per heavy atom. The Bertz CT molecular complexity index is 123. The van der Waals surface area contributed by atoms with E-state index in [1.807, 2.05) is 0 Å². The predicted octanol–water partition coefficient (Wildman–Crippen LogP) is 1.88. The number of rotatable bonds is 8. The average Bonchev–Trinajstić information content (AvgIpc) is 2.94. The fourth-order valence-corrected chi connectivity index (χ4v) is 1.67. The van der Waals surface area contributed by atoms with Crippen molar-refractivity contribution in [1.29, 1.82) is 0 Å². The number of nitrogens with zero attached hydrogens (tertiary/aromatic N) is 1. The number of aliphatic hydroxyl groups is 1. The zero-order valence-corrected chi connectivity index (χ0v) is 8.84. The Kier molecular flexibility index (Phi) is 5.40. The highest BCUT2D eigenvalue weighted by atomic mass is 16.2. The number of aliphatic hydroxyl groups excluding tert-OH is 1. The Balaban J connectivity index is 1.94. The summed E-state index contributed by atoms with van der Waals surface area (Å²) in [6, 6.07) is 0. The fraction of sp³-hybridized carbons (Fsp3) is 1.00. The van der Waals surface area contributed by atoms with Crippen molar-refractivity contribution in [3.05, 3.63) is 0 Å². The highest BCUT2D eigenvalue weighted by Crippen LogP contribution is 2.29. The largest absolute Gasteiger partial charge is 0.396 e. The molecule has 0 aromatic carbocycles. The van der Waals surface area contributed by atoms with Crippen LogP contribution in [0.4, 0.5) is 0 Å². The van der Waals surface area contributed by atoms with Gasteiger partial charge in [-0.05, 0) is 51.1 Å². The number of hydrogen-bond acceptors (Lipinski definition) is 2. The summed E-state index contributed by atoms with van der Waals surface area (Å²) in [4.78, 5) is 2.55. The zero-order chi connectivity index (χ0) is 9.52. The standard InChI is InChI=1S/C11H23NO/c1-2-12(10-11-6-7-11)8-4-3-5-9-13/h11,13H,2-10H2,1H3. The van der Waals surface area contributed by atoms with Crippen LogP contribution < -0.4 is 0 Å². The van der Waals surface area contributed by atoms with Gasteiger partial charge in [-0.3, -0.25) is 0 Å². The van der Waals surface area contributed by atoms with Gasteiger partial charge in [-0.25, -0.2) is 0 Å². The molecule has 0 heterocycles. The molecule has 0 aliphatic heterocycles. The van der Waals surface area contributed by atoms with Gasteiger partial charge in [0, 0.05) is 13.2 Å².